The lowest BCUT2D eigenvalue weighted by Crippen LogP contribution is -2.55. The molecule has 1 atom stereocenters. The Morgan fingerprint density at radius 3 is 1.66 bits per heavy atom. The number of anilines is 3. The molecule has 0 radical (unpaired) electrons. The summed E-state index contributed by atoms with van der Waals surface area (Å²) in [5, 5.41) is 2.51. The van der Waals surface area contributed by atoms with Crippen LogP contribution in [0.2, 0.25) is 0 Å². The highest BCUT2D eigenvalue weighted by Gasteiger charge is 2.61. The predicted octanol–water partition coefficient (Wildman–Crippen LogP) is 16.7. The molecule has 0 heterocycles. The molecule has 6 aliphatic carbocycles. The lowest BCUT2D eigenvalue weighted by Gasteiger charge is -2.61. The number of hydrogen-bond donors (Lipinski definition) is 0. The van der Waals surface area contributed by atoms with Gasteiger partial charge in [-0.1, -0.05) is 170 Å². The summed E-state index contributed by atoms with van der Waals surface area (Å²) < 4.78 is 0. The van der Waals surface area contributed by atoms with E-state index in [-0.39, 0.29) is 10.8 Å². The van der Waals surface area contributed by atoms with Gasteiger partial charge in [0.15, 0.2) is 0 Å². The van der Waals surface area contributed by atoms with Gasteiger partial charge in [-0.25, -0.2) is 0 Å². The smallest absolute Gasteiger partial charge is 0.0546 e. The van der Waals surface area contributed by atoms with Crippen molar-refractivity contribution in [2.75, 3.05) is 4.90 Å². The lowest BCUT2D eigenvalue weighted by atomic mass is 9.43. The van der Waals surface area contributed by atoms with Crippen molar-refractivity contribution in [2.45, 2.75) is 49.9 Å². The normalized spacial score (nSPS) is 23.9. The zero-order chi connectivity index (χ0) is 42.9. The van der Waals surface area contributed by atoms with Gasteiger partial charge in [0, 0.05) is 27.8 Å². The van der Waals surface area contributed by atoms with Crippen LogP contribution in [-0.4, -0.2) is 0 Å². The third-order valence-corrected chi connectivity index (χ3v) is 17.1. The third-order valence-electron chi connectivity index (χ3n) is 17.1. The van der Waals surface area contributed by atoms with E-state index in [0.29, 0.717) is 11.8 Å². The van der Waals surface area contributed by atoms with Crippen LogP contribution in [0.15, 0.2) is 206 Å². The molecule has 1 unspecified atom stereocenters. The van der Waals surface area contributed by atoms with Crippen molar-refractivity contribution < 1.29 is 0 Å². The summed E-state index contributed by atoms with van der Waals surface area (Å²) in [6, 6.07) is 78.7. The number of hydrogen-bond acceptors (Lipinski definition) is 1. The Balaban J connectivity index is 1.04. The maximum absolute atomic E-state index is 2.67. The molecular formula is C64H51N. The Morgan fingerprint density at radius 2 is 0.938 bits per heavy atom. The van der Waals surface area contributed by atoms with Crippen LogP contribution >= 0.6 is 0 Å². The van der Waals surface area contributed by atoms with Crippen LogP contribution in [0.25, 0.3) is 55.3 Å². The minimum Gasteiger partial charge on any atom is -0.310 e. The molecule has 4 saturated carbocycles. The second kappa shape index (κ2) is 14.0. The lowest BCUT2D eigenvalue weighted by molar-refractivity contribution is -0.0399. The van der Waals surface area contributed by atoms with E-state index in [4.69, 9.17) is 0 Å². The molecule has 9 aromatic rings. The predicted molar refractivity (Wildman–Crippen MR) is 270 cm³/mol. The fraction of sp³-hybridized carbons (Fsp3) is 0.188. The summed E-state index contributed by atoms with van der Waals surface area (Å²) in [5.74, 6) is 3.15. The average molecular weight is 834 g/mol. The highest BCUT2D eigenvalue weighted by atomic mass is 15.1. The van der Waals surface area contributed by atoms with E-state index in [1.807, 2.05) is 0 Å². The van der Waals surface area contributed by atoms with Gasteiger partial charge in [0.25, 0.3) is 0 Å². The topological polar surface area (TPSA) is 3.24 Å². The van der Waals surface area contributed by atoms with E-state index in [0.717, 1.165) is 11.8 Å². The first-order valence-electron chi connectivity index (χ1n) is 24.1. The van der Waals surface area contributed by atoms with Crippen molar-refractivity contribution in [3.63, 3.8) is 0 Å². The Labute approximate surface area is 383 Å². The molecule has 6 aliphatic rings. The average Bonchev–Trinajstić information content (AvgIpc) is 3.80. The number of rotatable bonds is 6. The summed E-state index contributed by atoms with van der Waals surface area (Å²) >= 11 is 0. The van der Waals surface area contributed by atoms with E-state index < -0.39 is 0 Å². The van der Waals surface area contributed by atoms with Crippen LogP contribution in [0, 0.1) is 23.7 Å². The molecule has 65 heavy (non-hydrogen) atoms. The highest BCUT2D eigenvalue weighted by Crippen LogP contribution is 2.70. The monoisotopic (exact) mass is 833 g/mol. The maximum Gasteiger partial charge on any atom is 0.0546 e. The van der Waals surface area contributed by atoms with Gasteiger partial charge in [0.1, 0.15) is 0 Å². The highest BCUT2D eigenvalue weighted by molar-refractivity contribution is 6.00. The number of fused-ring (bicyclic) bond motifs is 7. The third kappa shape index (κ3) is 5.27. The van der Waals surface area contributed by atoms with Crippen LogP contribution in [0.4, 0.5) is 17.1 Å². The van der Waals surface area contributed by atoms with E-state index in [2.05, 4.69) is 218 Å². The molecular weight excluding hydrogens is 783 g/mol. The fourth-order valence-corrected chi connectivity index (χ4v) is 14.6. The molecule has 1 heteroatoms. The largest absolute Gasteiger partial charge is 0.310 e. The van der Waals surface area contributed by atoms with Gasteiger partial charge in [0.2, 0.25) is 0 Å². The van der Waals surface area contributed by atoms with Gasteiger partial charge in [0.05, 0.1) is 5.69 Å². The first-order valence-corrected chi connectivity index (χ1v) is 24.1. The summed E-state index contributed by atoms with van der Waals surface area (Å²) in [6.07, 6.45) is 6.91. The quantitative estimate of drug-likeness (QED) is 0.161. The zero-order valence-electron chi connectivity index (χ0n) is 36.9. The Bertz CT molecular complexity index is 3330. The van der Waals surface area contributed by atoms with Gasteiger partial charge in [-0.3, -0.25) is 0 Å². The molecule has 15 rings (SSSR count). The summed E-state index contributed by atoms with van der Waals surface area (Å²) in [7, 11) is 0. The Kier molecular flexibility index (Phi) is 8.07. The van der Waals surface area contributed by atoms with E-state index in [1.165, 1.54) is 121 Å². The Hall–Kier alpha value is -6.96. The van der Waals surface area contributed by atoms with E-state index >= 15 is 0 Å². The van der Waals surface area contributed by atoms with Crippen LogP contribution in [0.3, 0.4) is 0 Å². The van der Waals surface area contributed by atoms with Crippen molar-refractivity contribution in [2.24, 2.45) is 23.7 Å². The van der Waals surface area contributed by atoms with Gasteiger partial charge >= 0.3 is 0 Å². The first kappa shape index (κ1) is 37.4. The minimum atomic E-state index is -0.325. The van der Waals surface area contributed by atoms with Crippen molar-refractivity contribution in [3.05, 3.63) is 234 Å². The van der Waals surface area contributed by atoms with Gasteiger partial charge in [-0.15, -0.1) is 0 Å². The van der Waals surface area contributed by atoms with Crippen molar-refractivity contribution in [3.8, 4) is 44.5 Å². The molecule has 1 spiro atoms. The molecule has 312 valence electrons. The minimum absolute atomic E-state index is 0.0572. The van der Waals surface area contributed by atoms with E-state index in [9.17, 15) is 0 Å². The molecule has 0 amide bonds. The fourth-order valence-electron chi connectivity index (χ4n) is 14.6. The van der Waals surface area contributed by atoms with Crippen LogP contribution in [0.5, 0.6) is 0 Å². The Morgan fingerprint density at radius 1 is 0.385 bits per heavy atom. The van der Waals surface area contributed by atoms with Gasteiger partial charge < -0.3 is 4.90 Å². The first-order chi connectivity index (χ1) is 32.1. The van der Waals surface area contributed by atoms with Crippen molar-refractivity contribution >= 4 is 27.8 Å². The van der Waals surface area contributed by atoms with E-state index in [1.54, 1.807) is 11.1 Å². The van der Waals surface area contributed by atoms with Crippen LogP contribution < -0.4 is 4.90 Å². The molecule has 0 saturated heterocycles. The van der Waals surface area contributed by atoms with Crippen molar-refractivity contribution in [1.29, 1.82) is 0 Å². The van der Waals surface area contributed by atoms with Crippen LogP contribution in [0.1, 0.15) is 66.8 Å². The second-order valence-corrected chi connectivity index (χ2v) is 20.2. The SMILES string of the molecule is CC1(c2ccccc2)c2ccccc2-c2ccc(N(c3ccc4c(c3)C3(c5ccccc5-4)C4CC5CC(C4)CC3C5)c3cccc(-c4ccc5ccccc5c4)c3-c3ccccc3)cc21. The molecule has 0 aliphatic heterocycles. The molecule has 1 nitrogen and oxygen atoms in total. The molecule has 4 fully saturated rings. The van der Waals surface area contributed by atoms with Crippen molar-refractivity contribution in [1.82, 2.24) is 0 Å². The molecule has 0 N–H and O–H groups in total. The zero-order valence-corrected chi connectivity index (χ0v) is 36.9. The standard InChI is InChI=1S/C64H51N/c1-63(47-19-6-3-7-20-47)57-24-12-10-21-53(57)55-31-29-50(39-59(55)63)65(61-26-14-23-52(62(61)44-16-4-2-5-17-44)46-28-27-43-15-8-9-18-45(43)38-46)51-30-32-56-54-22-11-13-25-58(54)64(60(56)40-51)48-34-41-33-42(36-48)37-49(64)35-41/h2-32,38-42,48-49H,33-37H2,1H3. The maximum atomic E-state index is 2.67. The summed E-state index contributed by atoms with van der Waals surface area (Å²) in [4.78, 5) is 2.63. The van der Waals surface area contributed by atoms with Crippen LogP contribution in [-0.2, 0) is 10.8 Å². The summed E-state index contributed by atoms with van der Waals surface area (Å²) in [6.45, 7) is 2.44. The molecule has 4 bridgehead atoms. The van der Waals surface area contributed by atoms with Gasteiger partial charge in [-0.2, -0.15) is 0 Å². The second-order valence-electron chi connectivity index (χ2n) is 20.2. The molecule has 9 aromatic carbocycles. The molecule has 0 aromatic heterocycles. The number of nitrogens with zero attached hydrogens (tertiary/aromatic N) is 1. The number of benzene rings is 9. The van der Waals surface area contributed by atoms with Gasteiger partial charge in [-0.05, 0) is 177 Å². The summed E-state index contributed by atoms with van der Waals surface area (Å²) in [5.41, 5.74) is 21.0.